The average Bonchev–Trinajstić information content (AvgIpc) is 2.80. The third-order valence-corrected chi connectivity index (χ3v) is 7.26. The fourth-order valence-electron chi connectivity index (χ4n) is 2.07. The van der Waals surface area contributed by atoms with Gasteiger partial charge in [0.05, 0.1) is 3.79 Å². The summed E-state index contributed by atoms with van der Waals surface area (Å²) in [5.41, 5.74) is 5.51. The van der Waals surface area contributed by atoms with Crippen LogP contribution in [0.25, 0.3) is 0 Å². The molecular formula is C12H19BrN2O3S2. The van der Waals surface area contributed by atoms with Gasteiger partial charge in [-0.05, 0) is 40.3 Å². The van der Waals surface area contributed by atoms with E-state index >= 15 is 0 Å². The van der Waals surface area contributed by atoms with E-state index in [0.717, 1.165) is 17.7 Å². The van der Waals surface area contributed by atoms with Gasteiger partial charge in [0.2, 0.25) is 10.0 Å². The highest BCUT2D eigenvalue weighted by Crippen LogP contribution is 2.33. The lowest BCUT2D eigenvalue weighted by Gasteiger charge is -2.33. The number of nitrogens with one attached hydrogen (secondary N) is 1. The van der Waals surface area contributed by atoms with Crippen molar-refractivity contribution in [3.63, 3.8) is 0 Å². The molecule has 114 valence electrons. The van der Waals surface area contributed by atoms with Crippen LogP contribution in [0.2, 0.25) is 0 Å². The van der Waals surface area contributed by atoms with Crippen LogP contribution in [0.15, 0.2) is 14.7 Å². The van der Waals surface area contributed by atoms with Crippen LogP contribution >= 0.6 is 27.3 Å². The summed E-state index contributed by atoms with van der Waals surface area (Å²) in [7, 11) is -3.50. The summed E-state index contributed by atoms with van der Waals surface area (Å²) in [6.07, 6.45) is 1.74. The van der Waals surface area contributed by atoms with E-state index in [1.165, 1.54) is 11.3 Å². The van der Waals surface area contributed by atoms with Gasteiger partial charge in [0.25, 0.3) is 0 Å². The first kappa shape index (κ1) is 16.4. The number of ether oxygens (including phenoxy) is 1. The van der Waals surface area contributed by atoms with E-state index in [1.807, 2.05) is 0 Å². The average molecular weight is 383 g/mol. The zero-order valence-corrected chi connectivity index (χ0v) is 14.5. The Bertz CT molecular complexity index is 565. The van der Waals surface area contributed by atoms with Crippen molar-refractivity contribution >= 4 is 37.3 Å². The monoisotopic (exact) mass is 382 g/mol. The van der Waals surface area contributed by atoms with Crippen LogP contribution in [-0.2, 0) is 21.3 Å². The Morgan fingerprint density at radius 2 is 2.15 bits per heavy atom. The van der Waals surface area contributed by atoms with Crippen molar-refractivity contribution in [3.8, 4) is 0 Å². The Morgan fingerprint density at radius 1 is 1.50 bits per heavy atom. The summed E-state index contributed by atoms with van der Waals surface area (Å²) in [6.45, 7) is 4.24. The number of halogens is 1. The topological polar surface area (TPSA) is 81.4 Å². The van der Waals surface area contributed by atoms with Gasteiger partial charge < -0.3 is 10.5 Å². The summed E-state index contributed by atoms with van der Waals surface area (Å²) >= 11 is 4.65. The van der Waals surface area contributed by atoms with Crippen LogP contribution < -0.4 is 10.5 Å². The number of hydrogen-bond donors (Lipinski definition) is 2. The molecule has 0 radical (unpaired) electrons. The predicted octanol–water partition coefficient (Wildman–Crippen LogP) is 2.06. The van der Waals surface area contributed by atoms with Crippen molar-refractivity contribution < 1.29 is 13.2 Å². The van der Waals surface area contributed by atoms with Gasteiger partial charge in [0.1, 0.15) is 4.90 Å². The third-order valence-electron chi connectivity index (χ3n) is 3.59. The summed E-state index contributed by atoms with van der Waals surface area (Å²) in [5, 5.41) is 0. The maximum absolute atomic E-state index is 12.4. The molecule has 0 saturated carbocycles. The Labute approximate surface area is 132 Å². The molecule has 5 nitrogen and oxygen atoms in total. The minimum atomic E-state index is -3.50. The Balaban J connectivity index is 2.08. The second-order valence-corrected chi connectivity index (χ2v) is 9.49. The molecule has 1 saturated heterocycles. The molecule has 0 aliphatic carbocycles. The molecule has 1 aliphatic rings. The van der Waals surface area contributed by atoms with Gasteiger partial charge in [-0.25, -0.2) is 13.1 Å². The fourth-order valence-corrected chi connectivity index (χ4v) is 5.83. The van der Waals surface area contributed by atoms with E-state index in [9.17, 15) is 8.42 Å². The van der Waals surface area contributed by atoms with Gasteiger partial charge in [0, 0.05) is 31.2 Å². The van der Waals surface area contributed by atoms with Gasteiger partial charge >= 0.3 is 0 Å². The van der Waals surface area contributed by atoms with Crippen molar-refractivity contribution in [2.24, 2.45) is 11.1 Å². The molecule has 20 heavy (non-hydrogen) atoms. The molecule has 0 aromatic carbocycles. The fraction of sp³-hybridized carbons (Fsp3) is 0.667. The number of sulfonamides is 1. The zero-order chi connectivity index (χ0) is 14.8. The van der Waals surface area contributed by atoms with E-state index in [4.69, 9.17) is 10.5 Å². The highest BCUT2D eigenvalue weighted by molar-refractivity contribution is 9.11. The lowest BCUT2D eigenvalue weighted by molar-refractivity contribution is 0.0265. The second kappa shape index (κ2) is 6.41. The van der Waals surface area contributed by atoms with Crippen molar-refractivity contribution in [2.75, 3.05) is 19.8 Å². The van der Waals surface area contributed by atoms with E-state index < -0.39 is 10.0 Å². The molecule has 1 aromatic heterocycles. The quantitative estimate of drug-likeness (QED) is 0.816. The summed E-state index contributed by atoms with van der Waals surface area (Å²) < 4.78 is 33.4. The first-order valence-corrected chi connectivity index (χ1v) is 9.51. The highest BCUT2D eigenvalue weighted by atomic mass is 79.9. The van der Waals surface area contributed by atoms with E-state index in [-0.39, 0.29) is 10.3 Å². The van der Waals surface area contributed by atoms with Gasteiger partial charge in [-0.3, -0.25) is 0 Å². The smallest absolute Gasteiger partial charge is 0.242 e. The minimum absolute atomic E-state index is 0.0372. The third kappa shape index (κ3) is 3.80. The van der Waals surface area contributed by atoms with Crippen LogP contribution in [-0.4, -0.2) is 28.2 Å². The highest BCUT2D eigenvalue weighted by Gasteiger charge is 2.30. The minimum Gasteiger partial charge on any atom is -0.381 e. The maximum atomic E-state index is 12.4. The van der Waals surface area contributed by atoms with E-state index in [0.29, 0.717) is 30.1 Å². The summed E-state index contributed by atoms with van der Waals surface area (Å²) in [5.74, 6) is 0. The molecule has 1 aromatic rings. The molecule has 0 amide bonds. The molecule has 2 rings (SSSR count). The SMILES string of the molecule is CC1(CNS(=O)(=O)c2cc(CN)sc2Br)CCOCC1. The lowest BCUT2D eigenvalue weighted by Crippen LogP contribution is -2.39. The molecule has 0 atom stereocenters. The molecule has 1 aliphatic heterocycles. The van der Waals surface area contributed by atoms with Crippen LogP contribution in [0, 0.1) is 5.41 Å². The first-order valence-electron chi connectivity index (χ1n) is 6.42. The molecule has 1 fully saturated rings. The number of nitrogens with two attached hydrogens (primary N) is 1. The van der Waals surface area contributed by atoms with Crippen LogP contribution in [0.5, 0.6) is 0 Å². The predicted molar refractivity (Wildman–Crippen MR) is 83.3 cm³/mol. The summed E-state index contributed by atoms with van der Waals surface area (Å²) in [6, 6.07) is 1.63. The number of thiophene rings is 1. The lowest BCUT2D eigenvalue weighted by atomic mass is 9.83. The Hall–Kier alpha value is 0.01000. The number of hydrogen-bond acceptors (Lipinski definition) is 5. The molecular weight excluding hydrogens is 364 g/mol. The van der Waals surface area contributed by atoms with Crippen molar-refractivity contribution in [3.05, 3.63) is 14.7 Å². The first-order chi connectivity index (χ1) is 9.36. The van der Waals surface area contributed by atoms with Gasteiger partial charge in [0.15, 0.2) is 0 Å². The standard InChI is InChI=1S/C12H19BrN2O3S2/c1-12(2-4-18-5-3-12)8-15-20(16,17)10-6-9(7-14)19-11(10)13/h6,15H,2-5,7-8,14H2,1H3. The largest absolute Gasteiger partial charge is 0.381 e. The molecule has 2 heterocycles. The van der Waals surface area contributed by atoms with Crippen LogP contribution in [0.1, 0.15) is 24.6 Å². The van der Waals surface area contributed by atoms with Gasteiger partial charge in [-0.2, -0.15) is 0 Å². The molecule has 3 N–H and O–H groups in total. The summed E-state index contributed by atoms with van der Waals surface area (Å²) in [4.78, 5) is 1.12. The van der Waals surface area contributed by atoms with E-state index in [2.05, 4.69) is 27.6 Å². The van der Waals surface area contributed by atoms with E-state index in [1.54, 1.807) is 6.07 Å². The van der Waals surface area contributed by atoms with Crippen LogP contribution in [0.4, 0.5) is 0 Å². The molecule has 0 spiro atoms. The Kier molecular flexibility index (Phi) is 5.25. The molecule has 0 bridgehead atoms. The molecule has 0 unspecified atom stereocenters. The van der Waals surface area contributed by atoms with Crippen molar-refractivity contribution in [1.82, 2.24) is 4.72 Å². The van der Waals surface area contributed by atoms with Gasteiger partial charge in [-0.15, -0.1) is 11.3 Å². The van der Waals surface area contributed by atoms with Crippen molar-refractivity contribution in [1.29, 1.82) is 0 Å². The van der Waals surface area contributed by atoms with Gasteiger partial charge in [-0.1, -0.05) is 6.92 Å². The molecule has 8 heteroatoms. The Morgan fingerprint density at radius 3 is 2.70 bits per heavy atom. The normalized spacial score (nSPS) is 19.1. The maximum Gasteiger partial charge on any atom is 0.242 e. The van der Waals surface area contributed by atoms with Crippen molar-refractivity contribution in [2.45, 2.75) is 31.2 Å². The zero-order valence-electron chi connectivity index (χ0n) is 11.3. The number of rotatable bonds is 5. The van der Waals surface area contributed by atoms with Crippen LogP contribution in [0.3, 0.4) is 0 Å². The second-order valence-electron chi connectivity index (χ2n) is 5.30.